The Morgan fingerprint density at radius 2 is 1.88 bits per heavy atom. The van der Waals surface area contributed by atoms with Crippen LogP contribution in [0, 0.1) is 0 Å². The maximum absolute atomic E-state index is 10.9. The van der Waals surface area contributed by atoms with Gasteiger partial charge in [0.2, 0.25) is 5.91 Å². The molecule has 0 bridgehead atoms. The molecule has 2 aliphatic carbocycles. The van der Waals surface area contributed by atoms with E-state index >= 15 is 0 Å². The van der Waals surface area contributed by atoms with Gasteiger partial charge in [-0.1, -0.05) is 24.3 Å². The number of nitrogens with zero attached hydrogens (tertiary/aromatic N) is 1. The van der Waals surface area contributed by atoms with E-state index in [0.717, 1.165) is 11.6 Å². The predicted octanol–water partition coefficient (Wildman–Crippen LogP) is 1.26. The maximum atomic E-state index is 10.9. The fourth-order valence-electron chi connectivity index (χ4n) is 1.45. The van der Waals surface area contributed by atoms with Crippen LogP contribution in [0.2, 0.25) is 0 Å². The van der Waals surface area contributed by atoms with Crippen molar-refractivity contribution in [2.75, 3.05) is 6.61 Å². The van der Waals surface area contributed by atoms with Crippen LogP contribution in [0.5, 0.6) is 0 Å². The Bertz CT molecular complexity index is 407. The molecule has 0 aromatic heterocycles. The number of hydroxylamine groups is 1. The molecule has 1 fully saturated rings. The number of fused-ring (bicyclic) bond motifs is 1. The highest BCUT2D eigenvalue weighted by Crippen LogP contribution is 2.29. The lowest BCUT2D eigenvalue weighted by atomic mass is 9.95. The van der Waals surface area contributed by atoms with Crippen molar-refractivity contribution in [2.45, 2.75) is 19.8 Å². The van der Waals surface area contributed by atoms with Crippen LogP contribution < -0.4 is 5.43 Å². The highest BCUT2D eigenvalue weighted by molar-refractivity contribution is 5.80. The summed E-state index contributed by atoms with van der Waals surface area (Å²) in [5.74, 6) is -0.508. The first-order valence-corrected chi connectivity index (χ1v) is 5.50. The van der Waals surface area contributed by atoms with Gasteiger partial charge in [-0.15, -0.1) is 5.17 Å². The fourth-order valence-corrected chi connectivity index (χ4v) is 1.45. The number of carbonyl (C=O) groups is 2. The van der Waals surface area contributed by atoms with Gasteiger partial charge >= 0.3 is 0 Å². The fraction of sp³-hybridized carbons (Fsp3) is 0.333. The third-order valence-electron chi connectivity index (χ3n) is 2.46. The number of benzene rings is 1. The van der Waals surface area contributed by atoms with E-state index in [0.29, 0.717) is 13.0 Å². The molecule has 1 N–H and O–H groups in total. The van der Waals surface area contributed by atoms with Crippen LogP contribution in [0.3, 0.4) is 0 Å². The van der Waals surface area contributed by atoms with Crippen molar-refractivity contribution in [2.24, 2.45) is 0 Å². The van der Waals surface area contributed by atoms with Crippen LogP contribution in [-0.2, 0) is 14.4 Å². The summed E-state index contributed by atoms with van der Waals surface area (Å²) < 4.78 is 0. The molecule has 0 saturated carbocycles. The van der Waals surface area contributed by atoms with Gasteiger partial charge in [-0.05, 0) is 17.5 Å². The summed E-state index contributed by atoms with van der Waals surface area (Å²) in [7, 11) is 0. The molecule has 1 heterocycles. The molecule has 3 aliphatic rings. The number of rotatable bonds is 1. The zero-order valence-corrected chi connectivity index (χ0v) is 9.60. The molecule has 0 aromatic rings. The molecule has 1 saturated heterocycles. The monoisotopic (exact) mass is 234 g/mol. The quantitative estimate of drug-likeness (QED) is 0.808. The summed E-state index contributed by atoms with van der Waals surface area (Å²) in [5.41, 5.74) is 5.11. The molecule has 0 atom stereocenters. The van der Waals surface area contributed by atoms with E-state index in [-0.39, 0.29) is 11.8 Å². The lowest BCUT2D eigenvalue weighted by molar-refractivity contribution is -0.217. The number of nitrogens with one attached hydrogen (secondary N) is 1. The van der Waals surface area contributed by atoms with Crippen molar-refractivity contribution in [1.82, 2.24) is 10.6 Å². The van der Waals surface area contributed by atoms with Gasteiger partial charge in [0.05, 0.1) is 6.61 Å². The zero-order chi connectivity index (χ0) is 12.3. The summed E-state index contributed by atoms with van der Waals surface area (Å²) in [4.78, 5) is 26.2. The molecule has 3 rings (SSSR count). The van der Waals surface area contributed by atoms with Gasteiger partial charge in [0.15, 0.2) is 0 Å². The van der Waals surface area contributed by atoms with Crippen molar-refractivity contribution in [3.8, 4) is 11.1 Å². The topological polar surface area (TPSA) is 58.6 Å². The second-order valence-electron chi connectivity index (χ2n) is 3.87. The molecule has 0 unspecified atom stereocenters. The van der Waals surface area contributed by atoms with Crippen LogP contribution in [0.1, 0.15) is 19.8 Å². The summed E-state index contributed by atoms with van der Waals surface area (Å²) in [6, 6.07) is 8.48. The van der Waals surface area contributed by atoms with Crippen LogP contribution in [0.25, 0.3) is 11.1 Å². The van der Waals surface area contributed by atoms with Gasteiger partial charge in [-0.2, -0.15) is 0 Å². The van der Waals surface area contributed by atoms with E-state index < -0.39 is 0 Å². The number of hydrazine groups is 1. The van der Waals surface area contributed by atoms with Gasteiger partial charge in [0, 0.05) is 13.3 Å². The Kier molecular flexibility index (Phi) is 3.39. The van der Waals surface area contributed by atoms with Crippen molar-refractivity contribution in [1.29, 1.82) is 0 Å². The van der Waals surface area contributed by atoms with E-state index in [9.17, 15) is 9.59 Å². The van der Waals surface area contributed by atoms with Gasteiger partial charge in [-0.3, -0.25) is 14.4 Å². The van der Waals surface area contributed by atoms with Gasteiger partial charge in [-0.25, -0.2) is 5.43 Å². The Hall–Kier alpha value is -1.88. The average molecular weight is 234 g/mol. The van der Waals surface area contributed by atoms with E-state index in [1.54, 1.807) is 0 Å². The molecule has 0 aromatic carbocycles. The first-order chi connectivity index (χ1) is 8.16. The summed E-state index contributed by atoms with van der Waals surface area (Å²) in [6.07, 6.45) is 1.15. The molecule has 1 aliphatic heterocycles. The van der Waals surface area contributed by atoms with Crippen molar-refractivity contribution in [3.05, 3.63) is 24.3 Å². The molecular weight excluding hydrogens is 220 g/mol. The van der Waals surface area contributed by atoms with Crippen LogP contribution >= 0.6 is 0 Å². The Labute approximate surface area is 99.3 Å². The summed E-state index contributed by atoms with van der Waals surface area (Å²) >= 11 is 0. The first-order valence-electron chi connectivity index (χ1n) is 5.50. The SMILES string of the molecule is CC(=O)NN1OCCCC1=O.c1cc2ccc1-2. The third kappa shape index (κ3) is 2.82. The minimum absolute atomic E-state index is 0.202. The third-order valence-corrected chi connectivity index (χ3v) is 2.46. The standard InChI is InChI=1S/C6H10N2O3.C6H4/c1-5(9)7-8-6(10)3-2-4-11-8;1-2-6-4-3-5(1)6/h2-4H2,1H3,(H,7,9);1-4H. The lowest BCUT2D eigenvalue weighted by Crippen LogP contribution is -2.47. The van der Waals surface area contributed by atoms with Crippen molar-refractivity contribution in [3.63, 3.8) is 0 Å². The van der Waals surface area contributed by atoms with E-state index in [2.05, 4.69) is 29.7 Å². The Balaban J connectivity index is 0.000000148. The molecule has 17 heavy (non-hydrogen) atoms. The Morgan fingerprint density at radius 1 is 1.29 bits per heavy atom. The van der Waals surface area contributed by atoms with Crippen molar-refractivity contribution < 1.29 is 14.4 Å². The molecule has 0 spiro atoms. The van der Waals surface area contributed by atoms with Crippen molar-refractivity contribution >= 4 is 11.8 Å². The summed E-state index contributed by atoms with van der Waals surface area (Å²) in [6.45, 7) is 1.80. The van der Waals surface area contributed by atoms with E-state index in [1.807, 2.05) is 0 Å². The van der Waals surface area contributed by atoms with Crippen LogP contribution in [0.4, 0.5) is 0 Å². The van der Waals surface area contributed by atoms with Gasteiger partial charge < -0.3 is 0 Å². The highest BCUT2D eigenvalue weighted by atomic mass is 16.7. The zero-order valence-electron chi connectivity index (χ0n) is 9.60. The first kappa shape index (κ1) is 11.6. The van der Waals surface area contributed by atoms with E-state index in [1.165, 1.54) is 18.1 Å². The number of carbonyl (C=O) groups excluding carboxylic acids is 2. The Morgan fingerprint density at radius 3 is 2.24 bits per heavy atom. The summed E-state index contributed by atoms with van der Waals surface area (Å²) in [5, 5.41) is 0.895. The van der Waals surface area contributed by atoms with Gasteiger partial charge in [0.1, 0.15) is 0 Å². The molecule has 5 heteroatoms. The predicted molar refractivity (Wildman–Crippen MR) is 61.3 cm³/mol. The molecule has 5 nitrogen and oxygen atoms in total. The van der Waals surface area contributed by atoms with Crippen LogP contribution in [-0.4, -0.2) is 23.6 Å². The minimum atomic E-state index is -0.305. The second-order valence-corrected chi connectivity index (χ2v) is 3.87. The second kappa shape index (κ2) is 4.97. The number of hydrogen-bond acceptors (Lipinski definition) is 3. The molecular formula is C12H14N2O3. The smallest absolute Gasteiger partial charge is 0.266 e. The molecule has 90 valence electrons. The lowest BCUT2D eigenvalue weighted by Gasteiger charge is -2.24. The van der Waals surface area contributed by atoms with Crippen LogP contribution in [0.15, 0.2) is 24.3 Å². The molecule has 2 amide bonds. The van der Waals surface area contributed by atoms with Gasteiger partial charge in [0.25, 0.3) is 5.91 Å². The molecule has 0 radical (unpaired) electrons. The van der Waals surface area contributed by atoms with E-state index in [4.69, 9.17) is 4.84 Å². The number of amides is 2. The number of hydrogen-bond donors (Lipinski definition) is 1. The minimum Gasteiger partial charge on any atom is -0.274 e. The maximum Gasteiger partial charge on any atom is 0.266 e. The average Bonchev–Trinajstić information content (AvgIpc) is 2.27. The normalized spacial score (nSPS) is 15.8. The highest BCUT2D eigenvalue weighted by Gasteiger charge is 2.19. The largest absolute Gasteiger partial charge is 0.274 e.